The Morgan fingerprint density at radius 1 is 1.70 bits per heavy atom. The molecule has 1 unspecified atom stereocenters. The maximum Gasteiger partial charge on any atom is 0.514 e. The van der Waals surface area contributed by atoms with Gasteiger partial charge >= 0.3 is 21.6 Å². The van der Waals surface area contributed by atoms with Gasteiger partial charge in [-0.1, -0.05) is 0 Å². The average molecular weight is 189 g/mol. The van der Waals surface area contributed by atoms with Gasteiger partial charge in [-0.25, -0.2) is 9.13 Å². The second-order valence-electron chi connectivity index (χ2n) is 0.930. The molecule has 0 aromatic rings. The summed E-state index contributed by atoms with van der Waals surface area (Å²) in [6.07, 6.45) is 0. The first-order chi connectivity index (χ1) is 4.48. The summed E-state index contributed by atoms with van der Waals surface area (Å²) < 4.78 is 26.0. The fourth-order valence-electron chi connectivity index (χ4n) is 0.141. The Morgan fingerprint density at radius 2 is 2.20 bits per heavy atom. The van der Waals surface area contributed by atoms with Crippen molar-refractivity contribution in [2.45, 2.75) is 0 Å². The first kappa shape index (κ1) is 9.45. The van der Waals surface area contributed by atoms with E-state index in [1.54, 1.807) is 0 Å². The van der Waals surface area contributed by atoms with E-state index in [1.165, 1.54) is 0 Å². The molecule has 0 aliphatic carbocycles. The molecule has 0 bridgehead atoms. The first-order valence-corrected chi connectivity index (χ1v) is 3.89. The smallest absolute Gasteiger partial charge is 0.304 e. The molecule has 10 heteroatoms. The molecule has 8 nitrogen and oxygen atoms in total. The van der Waals surface area contributed by atoms with Gasteiger partial charge in [0, 0.05) is 0 Å². The van der Waals surface area contributed by atoms with Crippen LogP contribution in [-0.4, -0.2) is 9.98 Å². The van der Waals surface area contributed by atoms with E-state index in [0.717, 1.165) is 0 Å². The van der Waals surface area contributed by atoms with Gasteiger partial charge in [0.25, 0.3) is 0 Å². The molecule has 0 aliphatic heterocycles. The van der Waals surface area contributed by atoms with Gasteiger partial charge in [0.2, 0.25) is 0 Å². The van der Waals surface area contributed by atoms with E-state index in [1.807, 2.05) is 0 Å². The van der Waals surface area contributed by atoms with Crippen LogP contribution in [0.25, 0.3) is 0 Å². The van der Waals surface area contributed by atoms with Gasteiger partial charge in [0.05, 0.1) is 0 Å². The summed E-state index contributed by atoms with van der Waals surface area (Å²) in [6, 6.07) is 0. The Labute approximate surface area is 55.8 Å². The topological polar surface area (TPSA) is 116 Å². The van der Waals surface area contributed by atoms with E-state index >= 15 is 0 Å². The second-order valence-corrected chi connectivity index (χ2v) is 2.83. The Morgan fingerprint density at radius 3 is 2.50 bits per heavy atom. The maximum atomic E-state index is 10.1. The fourth-order valence-corrected chi connectivity index (χ4v) is 0.766. The van der Waals surface area contributed by atoms with Crippen molar-refractivity contribution in [3.8, 4) is 0 Å². The molecule has 58 valence electrons. The summed E-state index contributed by atoms with van der Waals surface area (Å²) in [6.45, 7) is 0. The van der Waals surface area contributed by atoms with Crippen LogP contribution >= 0.6 is 16.5 Å². The van der Waals surface area contributed by atoms with E-state index in [2.05, 4.69) is 8.94 Å². The highest BCUT2D eigenvalue weighted by atomic mass is 31.2. The highest BCUT2D eigenvalue weighted by molar-refractivity contribution is 7.52. The predicted octanol–water partition coefficient (Wildman–Crippen LogP) is 0.518. The van der Waals surface area contributed by atoms with Gasteiger partial charge in [-0.05, 0) is 0 Å². The molecule has 0 amide bonds. The fraction of sp³-hybridized carbons (Fsp3) is 0. The quantitative estimate of drug-likeness (QED) is 0.389. The summed E-state index contributed by atoms with van der Waals surface area (Å²) in [7, 11) is -5.94. The Balaban J connectivity index is 3.99. The third-order valence-corrected chi connectivity index (χ3v) is 1.74. The van der Waals surface area contributed by atoms with Crippen LogP contribution < -0.4 is 0 Å². The van der Waals surface area contributed by atoms with Crippen LogP contribution in [0.2, 0.25) is 0 Å². The molecule has 1 atom stereocenters. The molecule has 0 radical (unpaired) electrons. The maximum absolute atomic E-state index is 10.1. The molecule has 0 aliphatic rings. The van der Waals surface area contributed by atoms with Crippen molar-refractivity contribution in [3.05, 3.63) is 10.1 Å². The second kappa shape index (κ2) is 3.58. The van der Waals surface area contributed by atoms with Gasteiger partial charge < -0.3 is 4.89 Å². The number of phosphoric acid groups is 1. The minimum absolute atomic E-state index is 1.16. The lowest BCUT2D eigenvalue weighted by atomic mass is 13.1. The lowest BCUT2D eigenvalue weighted by molar-refractivity contribution is -0.717. The minimum atomic E-state index is -4.77. The molecule has 0 rings (SSSR count). The van der Waals surface area contributed by atoms with Gasteiger partial charge in [0.1, 0.15) is 0 Å². The zero-order valence-electron chi connectivity index (χ0n) is 4.24. The molecule has 10 heavy (non-hydrogen) atoms. The highest BCUT2D eigenvalue weighted by Crippen LogP contribution is 2.46. The molecular weight excluding hydrogens is 188 g/mol. The largest absolute Gasteiger partial charge is 0.514 e. The van der Waals surface area contributed by atoms with Crippen molar-refractivity contribution < 1.29 is 28.0 Å². The van der Waals surface area contributed by atoms with Gasteiger partial charge in [-0.2, -0.15) is 8.94 Å². The summed E-state index contributed by atoms with van der Waals surface area (Å²) in [4.78, 5) is 17.5. The molecule has 0 spiro atoms. The third kappa shape index (κ3) is 4.34. The van der Waals surface area contributed by atoms with Crippen LogP contribution in [0.4, 0.5) is 0 Å². The van der Waals surface area contributed by atoms with Gasteiger partial charge in [-0.15, -0.1) is 10.1 Å². The number of hydrogen-bond acceptors (Lipinski definition) is 6. The standard InChI is InChI=1S/HNO7P2/c2-1(3)7-10(5,6)8-9-4/h(H,5,6). The summed E-state index contributed by atoms with van der Waals surface area (Å²) in [5.41, 5.74) is 0. The molecule has 0 heterocycles. The van der Waals surface area contributed by atoms with Crippen molar-refractivity contribution in [1.82, 2.24) is 0 Å². The van der Waals surface area contributed by atoms with Gasteiger partial charge in [-0.3, -0.25) is 0 Å². The number of rotatable bonds is 4. The van der Waals surface area contributed by atoms with Gasteiger partial charge in [0.15, 0.2) is 0 Å². The summed E-state index contributed by atoms with van der Waals surface area (Å²) >= 11 is 0. The number of hydrogen-bond donors (Lipinski definition) is 1. The lowest BCUT2D eigenvalue weighted by Gasteiger charge is -2.00. The van der Waals surface area contributed by atoms with Crippen LogP contribution in [0.3, 0.4) is 0 Å². The molecule has 0 aromatic heterocycles. The normalized spacial score (nSPS) is 16.1. The predicted molar refractivity (Wildman–Crippen MR) is 26.6 cm³/mol. The highest BCUT2D eigenvalue weighted by Gasteiger charge is 2.25. The molecule has 0 aromatic carbocycles. The van der Waals surface area contributed by atoms with Crippen molar-refractivity contribution >= 4 is 16.5 Å². The van der Waals surface area contributed by atoms with Crippen molar-refractivity contribution in [2.75, 3.05) is 0 Å². The van der Waals surface area contributed by atoms with E-state index in [0.29, 0.717) is 0 Å². The zero-order chi connectivity index (χ0) is 8.20. The van der Waals surface area contributed by atoms with E-state index < -0.39 is 21.6 Å². The number of nitrogens with zero attached hydrogens (tertiary/aromatic N) is 1. The zero-order valence-corrected chi connectivity index (χ0v) is 6.03. The molecular formula is HNO7P2. The molecule has 0 fully saturated rings. The minimum Gasteiger partial charge on any atom is -0.304 e. The van der Waals surface area contributed by atoms with Crippen molar-refractivity contribution in [1.29, 1.82) is 0 Å². The van der Waals surface area contributed by atoms with Crippen LogP contribution in [0.5, 0.6) is 0 Å². The van der Waals surface area contributed by atoms with Crippen LogP contribution in [0, 0.1) is 10.1 Å². The van der Waals surface area contributed by atoms with E-state index in [4.69, 9.17) is 4.89 Å². The monoisotopic (exact) mass is 189 g/mol. The Bertz CT molecular complexity index is 184. The molecule has 1 N–H and O–H groups in total. The van der Waals surface area contributed by atoms with Crippen LogP contribution in [0.1, 0.15) is 0 Å². The van der Waals surface area contributed by atoms with E-state index in [9.17, 15) is 19.2 Å². The summed E-state index contributed by atoms with van der Waals surface area (Å²) in [5.74, 6) is 0. The Kier molecular flexibility index (Phi) is 3.38. The average Bonchev–Trinajstić information content (AvgIpc) is 1.59. The lowest BCUT2D eigenvalue weighted by Crippen LogP contribution is -1.97. The van der Waals surface area contributed by atoms with Crippen LogP contribution in [0.15, 0.2) is 0 Å². The van der Waals surface area contributed by atoms with Crippen molar-refractivity contribution in [2.24, 2.45) is 0 Å². The van der Waals surface area contributed by atoms with E-state index in [-0.39, 0.29) is 0 Å². The van der Waals surface area contributed by atoms with Crippen molar-refractivity contribution in [3.63, 3.8) is 0 Å². The SMILES string of the molecule is O=POP(=O)(O)O[N+](=O)[O-]. The third-order valence-electron chi connectivity index (χ3n) is 0.306. The molecule has 0 saturated carbocycles. The molecule has 0 saturated heterocycles. The summed E-state index contributed by atoms with van der Waals surface area (Å²) in [5, 5.41) is 7.83. The van der Waals surface area contributed by atoms with Crippen LogP contribution in [-0.2, 0) is 18.1 Å². The Hall–Kier alpha value is -0.550. The first-order valence-electron chi connectivity index (χ1n) is 1.66.